The van der Waals surface area contributed by atoms with Crippen LogP contribution in [0.1, 0.15) is 5.89 Å². The van der Waals surface area contributed by atoms with Gasteiger partial charge in [0.2, 0.25) is 5.89 Å². The first-order valence-electron chi connectivity index (χ1n) is 5.80. The average molecular weight is 301 g/mol. The van der Waals surface area contributed by atoms with Crippen LogP contribution in [0.5, 0.6) is 0 Å². The summed E-state index contributed by atoms with van der Waals surface area (Å²) < 4.78 is 10.6. The maximum absolute atomic E-state index is 6.11. The van der Waals surface area contributed by atoms with Crippen molar-refractivity contribution in [2.75, 3.05) is 20.3 Å². The first-order valence-corrected chi connectivity index (χ1v) is 6.56. The summed E-state index contributed by atoms with van der Waals surface area (Å²) >= 11 is 12.0. The Balaban J connectivity index is 2.04. The summed E-state index contributed by atoms with van der Waals surface area (Å²) in [6, 6.07) is 5.26. The van der Waals surface area contributed by atoms with Crippen LogP contribution in [0.15, 0.2) is 28.8 Å². The number of benzene rings is 1. The average Bonchev–Trinajstić information content (AvgIpc) is 2.83. The zero-order chi connectivity index (χ0) is 13.7. The molecular weight excluding hydrogens is 287 g/mol. The van der Waals surface area contributed by atoms with Gasteiger partial charge in [-0.2, -0.15) is 0 Å². The van der Waals surface area contributed by atoms with Crippen LogP contribution in [0.25, 0.3) is 11.3 Å². The van der Waals surface area contributed by atoms with Crippen LogP contribution < -0.4 is 5.32 Å². The standard InChI is InChI=1S/C13H14Cl2N2O2/c1-18-5-4-16-8-13-17-7-12(19-13)10-3-2-9(14)6-11(10)15/h2-3,6-7,16H,4-5,8H2,1H3. The van der Waals surface area contributed by atoms with Crippen molar-refractivity contribution in [1.29, 1.82) is 0 Å². The number of nitrogens with one attached hydrogen (secondary N) is 1. The molecule has 0 aliphatic rings. The van der Waals surface area contributed by atoms with Gasteiger partial charge in [0.25, 0.3) is 0 Å². The van der Waals surface area contributed by atoms with E-state index in [1.807, 2.05) is 6.07 Å². The van der Waals surface area contributed by atoms with Crippen molar-refractivity contribution in [3.63, 3.8) is 0 Å². The lowest BCUT2D eigenvalue weighted by atomic mass is 10.2. The lowest BCUT2D eigenvalue weighted by Crippen LogP contribution is -2.18. The molecule has 2 rings (SSSR count). The van der Waals surface area contributed by atoms with Crippen LogP contribution in [0, 0.1) is 0 Å². The minimum absolute atomic E-state index is 0.544. The van der Waals surface area contributed by atoms with E-state index in [1.165, 1.54) is 0 Å². The number of nitrogens with zero attached hydrogens (tertiary/aromatic N) is 1. The molecule has 0 amide bonds. The lowest BCUT2D eigenvalue weighted by molar-refractivity contribution is 0.198. The fourth-order valence-corrected chi connectivity index (χ4v) is 2.08. The fraction of sp³-hybridized carbons (Fsp3) is 0.308. The molecule has 1 aromatic heterocycles. The normalized spacial score (nSPS) is 10.9. The Bertz CT molecular complexity index is 543. The number of methoxy groups -OCH3 is 1. The number of oxazole rings is 1. The van der Waals surface area contributed by atoms with E-state index in [1.54, 1.807) is 25.4 Å². The number of halogens is 2. The minimum atomic E-state index is 0.544. The van der Waals surface area contributed by atoms with Crippen LogP contribution >= 0.6 is 23.2 Å². The summed E-state index contributed by atoms with van der Waals surface area (Å²) in [5.74, 6) is 1.24. The van der Waals surface area contributed by atoms with E-state index in [0.717, 1.165) is 12.1 Å². The van der Waals surface area contributed by atoms with Crippen LogP contribution in [0.3, 0.4) is 0 Å². The number of aromatic nitrogens is 1. The molecule has 1 aromatic carbocycles. The third kappa shape index (κ3) is 3.94. The third-order valence-electron chi connectivity index (χ3n) is 2.51. The number of hydrogen-bond acceptors (Lipinski definition) is 4. The summed E-state index contributed by atoms with van der Waals surface area (Å²) in [7, 11) is 1.66. The SMILES string of the molecule is COCCNCc1ncc(-c2ccc(Cl)cc2Cl)o1. The third-order valence-corrected chi connectivity index (χ3v) is 3.06. The van der Waals surface area contributed by atoms with Crippen molar-refractivity contribution in [3.05, 3.63) is 40.3 Å². The molecule has 0 radical (unpaired) electrons. The summed E-state index contributed by atoms with van der Waals surface area (Å²) in [6.07, 6.45) is 1.66. The van der Waals surface area contributed by atoms with Crippen molar-refractivity contribution < 1.29 is 9.15 Å². The van der Waals surface area contributed by atoms with Crippen molar-refractivity contribution in [3.8, 4) is 11.3 Å². The van der Waals surface area contributed by atoms with Gasteiger partial charge in [0, 0.05) is 24.2 Å². The Hall–Kier alpha value is -1.07. The van der Waals surface area contributed by atoms with Crippen LogP contribution in [-0.4, -0.2) is 25.2 Å². The summed E-state index contributed by atoms with van der Waals surface area (Å²) in [5, 5.41) is 4.29. The second-order valence-electron chi connectivity index (χ2n) is 3.91. The molecule has 19 heavy (non-hydrogen) atoms. The largest absolute Gasteiger partial charge is 0.439 e. The van der Waals surface area contributed by atoms with Crippen LogP contribution in [-0.2, 0) is 11.3 Å². The summed E-state index contributed by atoms with van der Waals surface area (Å²) in [5.41, 5.74) is 0.779. The first-order chi connectivity index (χ1) is 9.20. The van der Waals surface area contributed by atoms with Gasteiger partial charge in [0.1, 0.15) is 0 Å². The highest BCUT2D eigenvalue weighted by molar-refractivity contribution is 6.36. The zero-order valence-electron chi connectivity index (χ0n) is 10.5. The molecule has 2 aromatic rings. The number of ether oxygens (including phenoxy) is 1. The molecule has 0 aliphatic heterocycles. The Morgan fingerprint density at radius 1 is 1.37 bits per heavy atom. The van der Waals surface area contributed by atoms with Crippen LogP contribution in [0.2, 0.25) is 10.0 Å². The minimum Gasteiger partial charge on any atom is -0.439 e. The Kier molecular flexibility index (Phi) is 5.22. The molecule has 0 atom stereocenters. The van der Waals surface area contributed by atoms with Gasteiger partial charge in [-0.3, -0.25) is 0 Å². The molecule has 102 valence electrons. The Morgan fingerprint density at radius 2 is 2.21 bits per heavy atom. The van der Waals surface area contributed by atoms with Gasteiger partial charge in [-0.1, -0.05) is 23.2 Å². The van der Waals surface area contributed by atoms with E-state index in [-0.39, 0.29) is 0 Å². The molecular formula is C13H14Cl2N2O2. The second kappa shape index (κ2) is 6.91. The van der Waals surface area contributed by atoms with E-state index >= 15 is 0 Å². The van der Waals surface area contributed by atoms with Gasteiger partial charge in [-0.05, 0) is 18.2 Å². The molecule has 0 spiro atoms. The maximum atomic E-state index is 6.11. The highest BCUT2D eigenvalue weighted by Gasteiger charge is 2.10. The Morgan fingerprint density at radius 3 is 2.95 bits per heavy atom. The quantitative estimate of drug-likeness (QED) is 0.831. The van der Waals surface area contributed by atoms with E-state index in [0.29, 0.717) is 34.8 Å². The molecule has 0 fully saturated rings. The number of rotatable bonds is 6. The molecule has 1 N–H and O–H groups in total. The van der Waals surface area contributed by atoms with Gasteiger partial charge < -0.3 is 14.5 Å². The maximum Gasteiger partial charge on any atom is 0.208 e. The molecule has 4 nitrogen and oxygen atoms in total. The zero-order valence-corrected chi connectivity index (χ0v) is 12.0. The molecule has 0 unspecified atom stereocenters. The van der Waals surface area contributed by atoms with E-state index in [4.69, 9.17) is 32.4 Å². The predicted molar refractivity (Wildman–Crippen MR) is 75.5 cm³/mol. The van der Waals surface area contributed by atoms with Gasteiger partial charge in [0.15, 0.2) is 5.76 Å². The molecule has 0 bridgehead atoms. The highest BCUT2D eigenvalue weighted by Crippen LogP contribution is 2.30. The van der Waals surface area contributed by atoms with Crippen molar-refractivity contribution in [1.82, 2.24) is 10.3 Å². The predicted octanol–water partition coefficient (Wildman–Crippen LogP) is 3.38. The summed E-state index contributed by atoms with van der Waals surface area (Å²) in [4.78, 5) is 4.19. The van der Waals surface area contributed by atoms with Crippen LogP contribution in [0.4, 0.5) is 0 Å². The van der Waals surface area contributed by atoms with Crippen molar-refractivity contribution >= 4 is 23.2 Å². The molecule has 1 heterocycles. The van der Waals surface area contributed by atoms with Gasteiger partial charge in [-0.25, -0.2) is 4.98 Å². The lowest BCUT2D eigenvalue weighted by Gasteiger charge is -2.01. The monoisotopic (exact) mass is 300 g/mol. The van der Waals surface area contributed by atoms with E-state index < -0.39 is 0 Å². The Labute approximate surface area is 121 Å². The molecule has 6 heteroatoms. The molecule has 0 aliphatic carbocycles. The number of hydrogen-bond donors (Lipinski definition) is 1. The highest BCUT2D eigenvalue weighted by atomic mass is 35.5. The molecule has 0 saturated carbocycles. The first kappa shape index (κ1) is 14.3. The van der Waals surface area contributed by atoms with Gasteiger partial charge in [-0.15, -0.1) is 0 Å². The summed E-state index contributed by atoms with van der Waals surface area (Å²) in [6.45, 7) is 1.95. The van der Waals surface area contributed by atoms with Gasteiger partial charge >= 0.3 is 0 Å². The molecule has 0 saturated heterocycles. The topological polar surface area (TPSA) is 47.3 Å². The second-order valence-corrected chi connectivity index (χ2v) is 4.76. The van der Waals surface area contributed by atoms with Gasteiger partial charge in [0.05, 0.1) is 24.4 Å². The van der Waals surface area contributed by atoms with E-state index in [2.05, 4.69) is 10.3 Å². The van der Waals surface area contributed by atoms with Crippen molar-refractivity contribution in [2.45, 2.75) is 6.54 Å². The fourth-order valence-electron chi connectivity index (χ4n) is 1.58. The van der Waals surface area contributed by atoms with E-state index in [9.17, 15) is 0 Å². The van der Waals surface area contributed by atoms with Crippen molar-refractivity contribution in [2.24, 2.45) is 0 Å². The smallest absolute Gasteiger partial charge is 0.208 e.